The van der Waals surface area contributed by atoms with E-state index in [1.54, 1.807) is 18.1 Å². The average molecular weight is 206 g/mol. The molecule has 6 heteroatoms. The highest BCUT2D eigenvalue weighted by atomic mass is 15.2. The molecule has 0 aromatic carbocycles. The number of aliphatic imine (C=N–C) groups is 1. The molecule has 0 aliphatic heterocycles. The van der Waals surface area contributed by atoms with Crippen molar-refractivity contribution in [3.05, 3.63) is 30.1 Å². The number of hydrogen-bond donors (Lipinski definition) is 3. The number of aromatic nitrogens is 1. The third-order valence-electron chi connectivity index (χ3n) is 1.72. The minimum atomic E-state index is -0.118. The van der Waals surface area contributed by atoms with Crippen molar-refractivity contribution in [1.29, 1.82) is 5.41 Å². The minimum Gasteiger partial charge on any atom is -0.370 e. The fraction of sp³-hybridized carbons (Fsp3) is 0.222. The van der Waals surface area contributed by atoms with Crippen LogP contribution in [-0.4, -0.2) is 28.9 Å². The molecule has 0 radical (unpaired) electrons. The summed E-state index contributed by atoms with van der Waals surface area (Å²) < 4.78 is 0. The second kappa shape index (κ2) is 4.94. The molecule has 0 fully saturated rings. The molecule has 15 heavy (non-hydrogen) atoms. The van der Waals surface area contributed by atoms with Crippen LogP contribution in [0.1, 0.15) is 5.69 Å². The zero-order valence-corrected chi connectivity index (χ0v) is 8.51. The van der Waals surface area contributed by atoms with E-state index < -0.39 is 0 Å². The first kappa shape index (κ1) is 11.0. The number of guanidine groups is 2. The van der Waals surface area contributed by atoms with Gasteiger partial charge in [0.25, 0.3) is 0 Å². The lowest BCUT2D eigenvalue weighted by molar-refractivity contribution is 0.484. The standard InChI is InChI=1S/C9H14N6/c1-15(9(12)14-8(10)11)6-7-4-2-3-5-13-7/h2-5H,6H2,1H3,(H5,10,11,12,14). The summed E-state index contributed by atoms with van der Waals surface area (Å²) in [7, 11) is 1.73. The van der Waals surface area contributed by atoms with Gasteiger partial charge in [-0.3, -0.25) is 10.4 Å². The lowest BCUT2D eigenvalue weighted by Gasteiger charge is -2.15. The number of rotatable bonds is 2. The molecule has 1 aromatic rings. The van der Waals surface area contributed by atoms with Crippen LogP contribution in [0.25, 0.3) is 0 Å². The molecule has 0 aliphatic rings. The maximum Gasteiger partial charge on any atom is 0.221 e. The fourth-order valence-corrected chi connectivity index (χ4v) is 1.02. The molecule has 0 saturated heterocycles. The van der Waals surface area contributed by atoms with Crippen molar-refractivity contribution in [3.8, 4) is 0 Å². The summed E-state index contributed by atoms with van der Waals surface area (Å²) in [6, 6.07) is 5.60. The number of nitrogens with zero attached hydrogens (tertiary/aromatic N) is 3. The van der Waals surface area contributed by atoms with Crippen molar-refractivity contribution in [2.75, 3.05) is 7.05 Å². The van der Waals surface area contributed by atoms with Gasteiger partial charge in [0.1, 0.15) is 0 Å². The Morgan fingerprint density at radius 1 is 1.53 bits per heavy atom. The highest BCUT2D eigenvalue weighted by Crippen LogP contribution is 1.99. The van der Waals surface area contributed by atoms with Crippen molar-refractivity contribution in [2.24, 2.45) is 16.5 Å². The fourth-order valence-electron chi connectivity index (χ4n) is 1.02. The number of nitrogens with one attached hydrogen (secondary N) is 1. The van der Waals surface area contributed by atoms with E-state index in [1.165, 1.54) is 0 Å². The molecule has 0 amide bonds. The van der Waals surface area contributed by atoms with Crippen LogP contribution in [0.5, 0.6) is 0 Å². The van der Waals surface area contributed by atoms with Gasteiger partial charge in [-0.15, -0.1) is 0 Å². The van der Waals surface area contributed by atoms with Crippen LogP contribution in [0.2, 0.25) is 0 Å². The molecule has 0 atom stereocenters. The molecular formula is C9H14N6. The summed E-state index contributed by atoms with van der Waals surface area (Å²) >= 11 is 0. The van der Waals surface area contributed by atoms with Crippen LogP contribution in [-0.2, 0) is 6.54 Å². The van der Waals surface area contributed by atoms with Crippen LogP contribution in [0.15, 0.2) is 29.4 Å². The Bertz CT molecular complexity index is 354. The maximum atomic E-state index is 7.53. The molecule has 1 aromatic heterocycles. The molecule has 0 unspecified atom stereocenters. The minimum absolute atomic E-state index is 0.0145. The summed E-state index contributed by atoms with van der Waals surface area (Å²) in [6.45, 7) is 0.496. The molecule has 0 aliphatic carbocycles. The maximum absolute atomic E-state index is 7.53. The third kappa shape index (κ3) is 3.63. The van der Waals surface area contributed by atoms with Crippen molar-refractivity contribution in [3.63, 3.8) is 0 Å². The van der Waals surface area contributed by atoms with E-state index in [4.69, 9.17) is 16.9 Å². The van der Waals surface area contributed by atoms with Gasteiger partial charge in [-0.25, -0.2) is 0 Å². The normalized spacial score (nSPS) is 9.40. The van der Waals surface area contributed by atoms with Gasteiger partial charge in [0.05, 0.1) is 12.2 Å². The molecule has 6 nitrogen and oxygen atoms in total. The zero-order valence-electron chi connectivity index (χ0n) is 8.51. The molecule has 0 saturated carbocycles. The zero-order chi connectivity index (χ0) is 11.3. The average Bonchev–Trinajstić information content (AvgIpc) is 2.18. The van der Waals surface area contributed by atoms with Crippen LogP contribution in [0.3, 0.4) is 0 Å². The highest BCUT2D eigenvalue weighted by Gasteiger charge is 2.04. The first-order valence-electron chi connectivity index (χ1n) is 4.39. The van der Waals surface area contributed by atoms with Gasteiger partial charge < -0.3 is 16.4 Å². The van der Waals surface area contributed by atoms with Gasteiger partial charge in [-0.1, -0.05) is 6.07 Å². The SMILES string of the molecule is CN(Cc1ccccn1)C(=N)N=C(N)N. The van der Waals surface area contributed by atoms with Crippen LogP contribution in [0.4, 0.5) is 0 Å². The van der Waals surface area contributed by atoms with E-state index in [1.807, 2.05) is 18.2 Å². The molecule has 1 heterocycles. The number of hydrogen-bond acceptors (Lipinski definition) is 2. The predicted octanol–water partition coefficient (Wildman–Crippen LogP) is -0.278. The first-order chi connectivity index (χ1) is 7.09. The quantitative estimate of drug-likeness (QED) is 0.457. The van der Waals surface area contributed by atoms with E-state index in [9.17, 15) is 0 Å². The monoisotopic (exact) mass is 206 g/mol. The van der Waals surface area contributed by atoms with Gasteiger partial charge in [0, 0.05) is 13.2 Å². The molecule has 0 spiro atoms. The first-order valence-corrected chi connectivity index (χ1v) is 4.39. The summed E-state index contributed by atoms with van der Waals surface area (Å²) in [5, 5.41) is 7.53. The summed E-state index contributed by atoms with van der Waals surface area (Å²) in [6.07, 6.45) is 1.70. The molecular weight excluding hydrogens is 192 g/mol. The molecule has 5 N–H and O–H groups in total. The third-order valence-corrected chi connectivity index (χ3v) is 1.72. The lowest BCUT2D eigenvalue weighted by atomic mass is 10.3. The van der Waals surface area contributed by atoms with Crippen LogP contribution >= 0.6 is 0 Å². The Balaban J connectivity index is 2.60. The summed E-state index contributed by atoms with van der Waals surface area (Å²) in [5.74, 6) is -0.103. The van der Waals surface area contributed by atoms with Gasteiger partial charge in [0.15, 0.2) is 5.96 Å². The van der Waals surface area contributed by atoms with E-state index in [0.29, 0.717) is 6.54 Å². The second-order valence-electron chi connectivity index (χ2n) is 3.04. The van der Waals surface area contributed by atoms with Gasteiger partial charge in [-0.2, -0.15) is 4.99 Å². The van der Waals surface area contributed by atoms with E-state index in [0.717, 1.165) is 5.69 Å². The Hall–Kier alpha value is -2.11. The summed E-state index contributed by atoms with van der Waals surface area (Å²) in [5.41, 5.74) is 11.2. The number of pyridine rings is 1. The Kier molecular flexibility index (Phi) is 3.61. The van der Waals surface area contributed by atoms with E-state index in [2.05, 4.69) is 9.98 Å². The smallest absolute Gasteiger partial charge is 0.221 e. The molecule has 80 valence electrons. The molecule has 1 rings (SSSR count). The van der Waals surface area contributed by atoms with Crippen molar-refractivity contribution in [2.45, 2.75) is 6.54 Å². The van der Waals surface area contributed by atoms with Crippen LogP contribution in [0, 0.1) is 5.41 Å². The number of nitrogens with two attached hydrogens (primary N) is 2. The van der Waals surface area contributed by atoms with E-state index in [-0.39, 0.29) is 11.9 Å². The van der Waals surface area contributed by atoms with Crippen molar-refractivity contribution < 1.29 is 0 Å². The Labute approximate surface area is 88.1 Å². The topological polar surface area (TPSA) is 104 Å². The Morgan fingerprint density at radius 2 is 2.27 bits per heavy atom. The van der Waals surface area contributed by atoms with Crippen molar-refractivity contribution in [1.82, 2.24) is 9.88 Å². The molecule has 0 bridgehead atoms. The lowest BCUT2D eigenvalue weighted by Crippen LogP contribution is -2.30. The van der Waals surface area contributed by atoms with E-state index >= 15 is 0 Å². The summed E-state index contributed by atoms with van der Waals surface area (Å²) in [4.78, 5) is 9.36. The van der Waals surface area contributed by atoms with Gasteiger partial charge in [-0.05, 0) is 12.1 Å². The van der Waals surface area contributed by atoms with Gasteiger partial charge in [0.2, 0.25) is 5.96 Å². The van der Waals surface area contributed by atoms with Gasteiger partial charge >= 0.3 is 0 Å². The Morgan fingerprint density at radius 3 is 2.80 bits per heavy atom. The predicted molar refractivity (Wildman–Crippen MR) is 59.2 cm³/mol. The van der Waals surface area contributed by atoms with Crippen LogP contribution < -0.4 is 11.5 Å². The highest BCUT2D eigenvalue weighted by molar-refractivity contribution is 5.91. The van der Waals surface area contributed by atoms with Crippen molar-refractivity contribution >= 4 is 11.9 Å². The second-order valence-corrected chi connectivity index (χ2v) is 3.04. The largest absolute Gasteiger partial charge is 0.370 e.